The van der Waals surface area contributed by atoms with Gasteiger partial charge >= 0.3 is 0 Å². The van der Waals surface area contributed by atoms with Crippen molar-refractivity contribution in [2.75, 3.05) is 6.54 Å². The Hall–Kier alpha value is -3.44. The SMILES string of the molecule is CCCCCN(C(=O)c1ccc(Cl)cc1)C(CC)c1nc2ccccc2c(=O)n1-c1ccc(CC)cc1. The van der Waals surface area contributed by atoms with Crippen molar-refractivity contribution in [1.82, 2.24) is 14.5 Å². The number of nitrogens with zero attached hydrogens (tertiary/aromatic N) is 3. The number of carbonyl (C=O) groups is 1. The summed E-state index contributed by atoms with van der Waals surface area (Å²) in [5.74, 6) is 0.490. The van der Waals surface area contributed by atoms with E-state index >= 15 is 0 Å². The molecule has 5 nitrogen and oxygen atoms in total. The summed E-state index contributed by atoms with van der Waals surface area (Å²) in [5, 5.41) is 1.14. The number of fused-ring (bicyclic) bond motifs is 1. The first-order valence-corrected chi connectivity index (χ1v) is 13.5. The van der Waals surface area contributed by atoms with Crippen LogP contribution in [0.2, 0.25) is 5.02 Å². The van der Waals surface area contributed by atoms with Crippen molar-refractivity contribution in [3.8, 4) is 5.69 Å². The molecule has 192 valence electrons. The Morgan fingerprint density at radius 1 is 0.946 bits per heavy atom. The van der Waals surface area contributed by atoms with Crippen LogP contribution in [0.15, 0.2) is 77.6 Å². The van der Waals surface area contributed by atoms with Gasteiger partial charge in [-0.05, 0) is 73.4 Å². The third-order valence-electron chi connectivity index (χ3n) is 6.82. The molecule has 0 bridgehead atoms. The zero-order valence-electron chi connectivity index (χ0n) is 21.8. The molecule has 37 heavy (non-hydrogen) atoms. The summed E-state index contributed by atoms with van der Waals surface area (Å²) in [6.45, 7) is 6.86. The van der Waals surface area contributed by atoms with Crippen LogP contribution in [0.25, 0.3) is 16.6 Å². The molecule has 0 aliphatic carbocycles. The monoisotopic (exact) mass is 515 g/mol. The minimum Gasteiger partial charge on any atom is -0.328 e. The predicted octanol–water partition coefficient (Wildman–Crippen LogP) is 7.39. The molecule has 1 unspecified atom stereocenters. The Kier molecular flexibility index (Phi) is 8.78. The number of aromatic nitrogens is 2. The summed E-state index contributed by atoms with van der Waals surface area (Å²) >= 11 is 6.09. The summed E-state index contributed by atoms with van der Waals surface area (Å²) in [6, 6.07) is 22.0. The molecular formula is C31H34ClN3O2. The maximum absolute atomic E-state index is 13.9. The minimum absolute atomic E-state index is 0.0880. The molecular weight excluding hydrogens is 482 g/mol. The molecule has 3 aromatic carbocycles. The lowest BCUT2D eigenvalue weighted by Crippen LogP contribution is -2.39. The third kappa shape index (κ3) is 5.78. The molecule has 4 rings (SSSR count). The summed E-state index contributed by atoms with van der Waals surface area (Å²) < 4.78 is 1.69. The van der Waals surface area contributed by atoms with E-state index in [-0.39, 0.29) is 17.5 Å². The van der Waals surface area contributed by atoms with E-state index in [1.165, 1.54) is 5.56 Å². The smallest absolute Gasteiger partial charge is 0.266 e. The van der Waals surface area contributed by atoms with E-state index in [1.54, 1.807) is 28.8 Å². The van der Waals surface area contributed by atoms with Gasteiger partial charge in [0.1, 0.15) is 5.82 Å². The van der Waals surface area contributed by atoms with E-state index in [0.29, 0.717) is 40.3 Å². The van der Waals surface area contributed by atoms with Crippen LogP contribution in [-0.4, -0.2) is 26.9 Å². The molecule has 0 aliphatic rings. The Labute approximate surface area is 223 Å². The highest BCUT2D eigenvalue weighted by molar-refractivity contribution is 6.30. The Morgan fingerprint density at radius 2 is 1.65 bits per heavy atom. The van der Waals surface area contributed by atoms with Crippen LogP contribution in [0, 0.1) is 0 Å². The molecule has 0 radical (unpaired) electrons. The first-order valence-electron chi connectivity index (χ1n) is 13.2. The molecule has 0 saturated heterocycles. The van der Waals surface area contributed by atoms with Crippen molar-refractivity contribution >= 4 is 28.4 Å². The molecule has 1 aromatic heterocycles. The van der Waals surface area contributed by atoms with Crippen molar-refractivity contribution < 1.29 is 4.79 Å². The average molecular weight is 516 g/mol. The van der Waals surface area contributed by atoms with Crippen LogP contribution >= 0.6 is 11.6 Å². The lowest BCUT2D eigenvalue weighted by atomic mass is 10.1. The minimum atomic E-state index is -0.386. The highest BCUT2D eigenvalue weighted by Crippen LogP contribution is 2.28. The Morgan fingerprint density at radius 3 is 2.30 bits per heavy atom. The lowest BCUT2D eigenvalue weighted by Gasteiger charge is -2.32. The maximum atomic E-state index is 13.9. The van der Waals surface area contributed by atoms with Crippen LogP contribution < -0.4 is 5.56 Å². The predicted molar refractivity (Wildman–Crippen MR) is 152 cm³/mol. The van der Waals surface area contributed by atoms with Gasteiger partial charge in [-0.25, -0.2) is 4.98 Å². The van der Waals surface area contributed by atoms with Crippen molar-refractivity contribution in [3.05, 3.63) is 105 Å². The highest BCUT2D eigenvalue weighted by atomic mass is 35.5. The molecule has 0 saturated carbocycles. The number of aryl methyl sites for hydroxylation is 1. The van der Waals surface area contributed by atoms with Crippen LogP contribution in [0.5, 0.6) is 0 Å². The fourth-order valence-corrected chi connectivity index (χ4v) is 4.86. The van der Waals surface area contributed by atoms with Gasteiger partial charge in [0, 0.05) is 17.1 Å². The van der Waals surface area contributed by atoms with E-state index in [2.05, 4.69) is 13.8 Å². The number of hydrogen-bond acceptors (Lipinski definition) is 3. The summed E-state index contributed by atoms with van der Waals surface area (Å²) in [5.41, 5.74) is 3.02. The second-order valence-corrected chi connectivity index (χ2v) is 9.72. The van der Waals surface area contributed by atoms with Crippen molar-refractivity contribution in [2.45, 2.75) is 58.9 Å². The Balaban J connectivity index is 1.90. The fraction of sp³-hybridized carbons (Fsp3) is 0.323. The lowest BCUT2D eigenvalue weighted by molar-refractivity contribution is 0.0655. The van der Waals surface area contributed by atoms with E-state index < -0.39 is 0 Å². The topological polar surface area (TPSA) is 55.2 Å². The molecule has 0 spiro atoms. The summed E-state index contributed by atoms with van der Waals surface area (Å²) in [4.78, 5) is 34.7. The van der Waals surface area contributed by atoms with Crippen LogP contribution in [0.1, 0.15) is 74.2 Å². The number of rotatable bonds is 10. The van der Waals surface area contributed by atoms with Gasteiger partial charge in [0.15, 0.2) is 0 Å². The summed E-state index contributed by atoms with van der Waals surface area (Å²) in [7, 11) is 0. The summed E-state index contributed by atoms with van der Waals surface area (Å²) in [6.07, 6.45) is 4.45. The van der Waals surface area contributed by atoms with Gasteiger partial charge in [-0.1, -0.05) is 69.5 Å². The molecule has 1 heterocycles. The number of halogens is 1. The van der Waals surface area contributed by atoms with Gasteiger partial charge in [0.05, 0.1) is 22.6 Å². The maximum Gasteiger partial charge on any atom is 0.266 e. The molecule has 6 heteroatoms. The molecule has 0 fully saturated rings. The van der Waals surface area contributed by atoms with Crippen LogP contribution in [0.4, 0.5) is 0 Å². The second-order valence-electron chi connectivity index (χ2n) is 9.28. The highest BCUT2D eigenvalue weighted by Gasteiger charge is 2.29. The van der Waals surface area contributed by atoms with Gasteiger partial charge in [0.25, 0.3) is 11.5 Å². The van der Waals surface area contributed by atoms with Gasteiger partial charge in [-0.2, -0.15) is 0 Å². The van der Waals surface area contributed by atoms with Gasteiger partial charge < -0.3 is 4.90 Å². The molecule has 1 atom stereocenters. The van der Waals surface area contributed by atoms with Crippen molar-refractivity contribution in [2.24, 2.45) is 0 Å². The van der Waals surface area contributed by atoms with Gasteiger partial charge in [-0.15, -0.1) is 0 Å². The van der Waals surface area contributed by atoms with E-state index in [4.69, 9.17) is 16.6 Å². The molecule has 4 aromatic rings. The number of amides is 1. The molecule has 1 amide bonds. The number of benzene rings is 3. The number of hydrogen-bond donors (Lipinski definition) is 0. The quantitative estimate of drug-likeness (QED) is 0.207. The average Bonchev–Trinajstić information content (AvgIpc) is 2.93. The van der Waals surface area contributed by atoms with Crippen molar-refractivity contribution in [3.63, 3.8) is 0 Å². The largest absolute Gasteiger partial charge is 0.328 e. The molecule has 0 N–H and O–H groups in total. The third-order valence-corrected chi connectivity index (χ3v) is 7.07. The fourth-order valence-electron chi connectivity index (χ4n) is 4.74. The second kappa shape index (κ2) is 12.2. The first kappa shape index (κ1) is 26.6. The van der Waals surface area contributed by atoms with Gasteiger partial charge in [-0.3, -0.25) is 14.2 Å². The molecule has 0 aliphatic heterocycles. The van der Waals surface area contributed by atoms with E-state index in [9.17, 15) is 9.59 Å². The van der Waals surface area contributed by atoms with E-state index in [0.717, 1.165) is 31.4 Å². The van der Waals surface area contributed by atoms with Gasteiger partial charge in [0.2, 0.25) is 0 Å². The van der Waals surface area contributed by atoms with Crippen molar-refractivity contribution in [1.29, 1.82) is 0 Å². The van der Waals surface area contributed by atoms with Crippen LogP contribution in [0.3, 0.4) is 0 Å². The first-order chi connectivity index (χ1) is 18.0. The number of unbranched alkanes of at least 4 members (excludes halogenated alkanes) is 2. The van der Waals surface area contributed by atoms with Crippen LogP contribution in [-0.2, 0) is 6.42 Å². The Bertz CT molecular complexity index is 1410. The number of carbonyl (C=O) groups excluding carboxylic acids is 1. The zero-order chi connectivity index (χ0) is 26.4. The number of para-hydroxylation sites is 1. The standard InChI is InChI=1S/C31H34ClN3O2/c1-4-7-10-21-34(30(36)23-15-17-24(32)18-16-23)28(6-3)29-33-27-12-9-8-11-26(27)31(37)35(29)25-19-13-22(5-2)14-20-25/h8-9,11-20,28H,4-7,10,21H2,1-3H3. The van der Waals surface area contributed by atoms with E-state index in [1.807, 2.05) is 60.4 Å². The normalized spacial score (nSPS) is 12.0. The zero-order valence-corrected chi connectivity index (χ0v) is 22.5.